The molecule has 0 N–H and O–H groups in total. The van der Waals surface area contributed by atoms with Crippen molar-refractivity contribution in [2.24, 2.45) is 11.8 Å². The van der Waals surface area contributed by atoms with E-state index in [2.05, 4.69) is 49.3 Å². The van der Waals surface area contributed by atoms with E-state index in [1.165, 1.54) is 119 Å². The highest BCUT2D eigenvalue weighted by molar-refractivity contribution is 5.66. The largest absolute Gasteiger partial charge is 0.244 e. The molecule has 0 unspecified atom stereocenters. The molecule has 2 aromatic rings. The Morgan fingerprint density at radius 3 is 2.12 bits per heavy atom. The van der Waals surface area contributed by atoms with Gasteiger partial charge in [-0.1, -0.05) is 122 Å². The fraction of sp³-hybridized carbons (Fsp3) is 0.677. The summed E-state index contributed by atoms with van der Waals surface area (Å²) in [6.45, 7) is 4.58. The molecular formula is C31H48N2. The molecule has 0 atom stereocenters. The number of unbranched alkanes of at least 4 members (excludes halogenated alkanes) is 7. The minimum absolute atomic E-state index is 0.888. The van der Waals surface area contributed by atoms with Crippen molar-refractivity contribution in [1.29, 1.82) is 0 Å². The Bertz CT molecular complexity index is 776. The van der Waals surface area contributed by atoms with Crippen LogP contribution in [0.5, 0.6) is 0 Å². The summed E-state index contributed by atoms with van der Waals surface area (Å²) in [7, 11) is 0. The van der Waals surface area contributed by atoms with Gasteiger partial charge in [-0.25, -0.2) is 9.97 Å². The van der Waals surface area contributed by atoms with Crippen molar-refractivity contribution in [3.63, 3.8) is 0 Å². The van der Waals surface area contributed by atoms with Gasteiger partial charge in [-0.2, -0.15) is 0 Å². The lowest BCUT2D eigenvalue weighted by Crippen LogP contribution is -2.15. The first-order valence-corrected chi connectivity index (χ1v) is 14.2. The standard InChI is InChI=1S/C31H48N2/c1-3-5-7-9-10-14-26-18-20-27(21-19-26)22-23-29-24-32-25-33-31(29)30-17-13-12-16-28(30)15-11-8-6-4-2/h12-13,16-17,24-27H,3-11,14-15,18-23H2,1-2H3. The summed E-state index contributed by atoms with van der Waals surface area (Å²) in [5.41, 5.74) is 5.31. The van der Waals surface area contributed by atoms with Gasteiger partial charge in [-0.05, 0) is 48.6 Å². The maximum Gasteiger partial charge on any atom is 0.116 e. The van der Waals surface area contributed by atoms with E-state index in [1.54, 1.807) is 6.33 Å². The number of hydrogen-bond donors (Lipinski definition) is 0. The van der Waals surface area contributed by atoms with E-state index < -0.39 is 0 Å². The number of aromatic nitrogens is 2. The first-order chi connectivity index (χ1) is 16.3. The van der Waals surface area contributed by atoms with Crippen molar-refractivity contribution in [2.75, 3.05) is 0 Å². The average molecular weight is 449 g/mol. The molecule has 1 aromatic heterocycles. The summed E-state index contributed by atoms with van der Waals surface area (Å²) in [5.74, 6) is 1.89. The molecule has 0 saturated heterocycles. The van der Waals surface area contributed by atoms with Gasteiger partial charge in [0.25, 0.3) is 0 Å². The van der Waals surface area contributed by atoms with Crippen LogP contribution in [0.3, 0.4) is 0 Å². The van der Waals surface area contributed by atoms with Crippen LogP contribution in [-0.2, 0) is 12.8 Å². The Morgan fingerprint density at radius 2 is 1.36 bits per heavy atom. The van der Waals surface area contributed by atoms with Gasteiger partial charge in [0.2, 0.25) is 0 Å². The molecule has 182 valence electrons. The van der Waals surface area contributed by atoms with Crippen molar-refractivity contribution in [1.82, 2.24) is 9.97 Å². The highest BCUT2D eigenvalue weighted by Crippen LogP contribution is 2.35. The Morgan fingerprint density at radius 1 is 0.697 bits per heavy atom. The Labute approximate surface area is 204 Å². The lowest BCUT2D eigenvalue weighted by molar-refractivity contribution is 0.248. The summed E-state index contributed by atoms with van der Waals surface area (Å²) < 4.78 is 0. The van der Waals surface area contributed by atoms with Crippen molar-refractivity contribution in [2.45, 2.75) is 123 Å². The van der Waals surface area contributed by atoms with Gasteiger partial charge in [0.05, 0.1) is 5.69 Å². The fourth-order valence-corrected chi connectivity index (χ4v) is 5.70. The molecule has 1 aliphatic rings. The second-order valence-electron chi connectivity index (χ2n) is 10.5. The molecule has 1 aliphatic carbocycles. The van der Waals surface area contributed by atoms with E-state index in [-0.39, 0.29) is 0 Å². The van der Waals surface area contributed by atoms with Crippen LogP contribution in [0.1, 0.15) is 121 Å². The predicted octanol–water partition coefficient (Wildman–Crippen LogP) is 9.37. The van der Waals surface area contributed by atoms with Gasteiger partial charge in [0.1, 0.15) is 6.33 Å². The summed E-state index contributed by atoms with van der Waals surface area (Å²) >= 11 is 0. The van der Waals surface area contributed by atoms with Gasteiger partial charge in [-0.3, -0.25) is 0 Å². The van der Waals surface area contributed by atoms with E-state index in [0.29, 0.717) is 0 Å². The van der Waals surface area contributed by atoms with Gasteiger partial charge in [0, 0.05) is 11.8 Å². The molecule has 1 fully saturated rings. The van der Waals surface area contributed by atoms with E-state index >= 15 is 0 Å². The van der Waals surface area contributed by atoms with Crippen molar-refractivity contribution < 1.29 is 0 Å². The average Bonchev–Trinajstić information content (AvgIpc) is 2.86. The molecule has 0 radical (unpaired) electrons. The zero-order chi connectivity index (χ0) is 23.1. The Balaban J connectivity index is 1.50. The third-order valence-electron chi connectivity index (χ3n) is 7.86. The lowest BCUT2D eigenvalue weighted by Gasteiger charge is -2.28. The zero-order valence-electron chi connectivity index (χ0n) is 21.5. The number of benzene rings is 1. The maximum atomic E-state index is 4.77. The third-order valence-corrected chi connectivity index (χ3v) is 7.86. The molecule has 0 spiro atoms. The topological polar surface area (TPSA) is 25.8 Å². The monoisotopic (exact) mass is 448 g/mol. The Kier molecular flexibility index (Phi) is 12.0. The smallest absolute Gasteiger partial charge is 0.116 e. The quantitative estimate of drug-likeness (QED) is 0.254. The van der Waals surface area contributed by atoms with Gasteiger partial charge in [0.15, 0.2) is 0 Å². The summed E-state index contributed by atoms with van der Waals surface area (Å²) in [6.07, 6.45) is 27.0. The van der Waals surface area contributed by atoms with Gasteiger partial charge >= 0.3 is 0 Å². The van der Waals surface area contributed by atoms with Crippen molar-refractivity contribution in [3.8, 4) is 11.3 Å². The first-order valence-electron chi connectivity index (χ1n) is 14.2. The third kappa shape index (κ3) is 8.87. The first kappa shape index (κ1) is 25.9. The van der Waals surface area contributed by atoms with Gasteiger partial charge < -0.3 is 0 Å². The molecule has 2 nitrogen and oxygen atoms in total. The molecule has 3 rings (SSSR count). The summed E-state index contributed by atoms with van der Waals surface area (Å²) in [6, 6.07) is 8.92. The highest BCUT2D eigenvalue weighted by atomic mass is 14.8. The number of nitrogens with zero attached hydrogens (tertiary/aromatic N) is 2. The molecular weight excluding hydrogens is 400 g/mol. The van der Waals surface area contributed by atoms with Crippen LogP contribution in [0, 0.1) is 11.8 Å². The van der Waals surface area contributed by atoms with Crippen LogP contribution >= 0.6 is 0 Å². The van der Waals surface area contributed by atoms with Crippen molar-refractivity contribution in [3.05, 3.63) is 47.9 Å². The van der Waals surface area contributed by atoms with E-state index in [4.69, 9.17) is 4.98 Å². The minimum atomic E-state index is 0.888. The molecule has 1 heterocycles. The predicted molar refractivity (Wildman–Crippen MR) is 142 cm³/mol. The molecule has 2 heteroatoms. The highest BCUT2D eigenvalue weighted by Gasteiger charge is 2.21. The minimum Gasteiger partial charge on any atom is -0.244 e. The van der Waals surface area contributed by atoms with Gasteiger partial charge in [-0.15, -0.1) is 0 Å². The molecule has 1 saturated carbocycles. The van der Waals surface area contributed by atoms with Crippen LogP contribution in [-0.4, -0.2) is 9.97 Å². The SMILES string of the molecule is CCCCCCCC1CCC(CCc2cncnc2-c2ccccc2CCCCCC)CC1. The van der Waals surface area contributed by atoms with E-state index in [1.807, 2.05) is 0 Å². The summed E-state index contributed by atoms with van der Waals surface area (Å²) in [4.78, 5) is 9.18. The molecule has 0 bridgehead atoms. The molecule has 0 aliphatic heterocycles. The molecule has 0 amide bonds. The second kappa shape index (κ2) is 15.3. The summed E-state index contributed by atoms with van der Waals surface area (Å²) in [5, 5.41) is 0. The normalized spacial score (nSPS) is 18.5. The van der Waals surface area contributed by atoms with Crippen LogP contribution in [0.2, 0.25) is 0 Å². The van der Waals surface area contributed by atoms with E-state index in [0.717, 1.165) is 24.7 Å². The van der Waals surface area contributed by atoms with Crippen LogP contribution in [0.15, 0.2) is 36.8 Å². The Hall–Kier alpha value is -1.70. The second-order valence-corrected chi connectivity index (χ2v) is 10.5. The van der Waals surface area contributed by atoms with Crippen LogP contribution in [0.25, 0.3) is 11.3 Å². The maximum absolute atomic E-state index is 4.77. The number of rotatable bonds is 15. The van der Waals surface area contributed by atoms with Crippen molar-refractivity contribution >= 4 is 0 Å². The zero-order valence-corrected chi connectivity index (χ0v) is 21.5. The number of aryl methyl sites for hydroxylation is 2. The molecule has 33 heavy (non-hydrogen) atoms. The fourth-order valence-electron chi connectivity index (χ4n) is 5.70. The molecule has 1 aromatic carbocycles. The lowest BCUT2D eigenvalue weighted by atomic mass is 9.77. The van der Waals surface area contributed by atoms with Crippen LogP contribution in [0.4, 0.5) is 0 Å². The van der Waals surface area contributed by atoms with E-state index in [9.17, 15) is 0 Å². The van der Waals surface area contributed by atoms with Crippen LogP contribution < -0.4 is 0 Å². The number of hydrogen-bond acceptors (Lipinski definition) is 2.